The van der Waals surface area contributed by atoms with Gasteiger partial charge in [-0.15, -0.1) is 0 Å². The first kappa shape index (κ1) is 20.9. The molecule has 31 heavy (non-hydrogen) atoms. The minimum absolute atomic E-state index is 0.0604. The fourth-order valence-electron chi connectivity index (χ4n) is 3.91. The molecular weight excluding hydrogens is 390 g/mol. The van der Waals surface area contributed by atoms with Crippen molar-refractivity contribution < 1.29 is 19.1 Å². The van der Waals surface area contributed by atoms with Crippen LogP contribution in [-0.4, -0.2) is 11.8 Å². The number of hydrogen-bond donors (Lipinski definition) is 0. The van der Waals surface area contributed by atoms with Gasteiger partial charge in [0.05, 0.1) is 5.92 Å². The lowest BCUT2D eigenvalue weighted by atomic mass is 10.1. The Bertz CT molecular complexity index is 1050. The Morgan fingerprint density at radius 3 is 2.48 bits per heavy atom. The third-order valence-corrected chi connectivity index (χ3v) is 6.10. The van der Waals surface area contributed by atoms with Crippen LogP contribution in [0.1, 0.15) is 38.4 Å². The first-order valence-corrected chi connectivity index (χ1v) is 10.5. The molecular formula is C26H25NO4. The molecule has 2 aromatic rings. The summed E-state index contributed by atoms with van der Waals surface area (Å²) in [6.07, 6.45) is 4.34. The molecule has 3 atom stereocenters. The third kappa shape index (κ3) is 4.69. The van der Waals surface area contributed by atoms with Gasteiger partial charge in [0.2, 0.25) is 6.10 Å². The van der Waals surface area contributed by atoms with Gasteiger partial charge < -0.3 is 9.47 Å². The smallest absolute Gasteiger partial charge is 0.311 e. The second kappa shape index (κ2) is 8.39. The maximum absolute atomic E-state index is 12.8. The van der Waals surface area contributed by atoms with E-state index in [0.29, 0.717) is 17.1 Å². The average Bonchev–Trinajstić information content (AvgIpc) is 3.67. The Kier molecular flexibility index (Phi) is 5.65. The number of carbonyl (C=O) groups excluding carboxylic acids is 2. The normalized spacial score (nSPS) is 22.4. The molecule has 0 bridgehead atoms. The summed E-state index contributed by atoms with van der Waals surface area (Å²) >= 11 is 0. The number of nitrogens with zero attached hydrogens (tertiary/aromatic N) is 1. The van der Waals surface area contributed by atoms with E-state index in [1.165, 1.54) is 0 Å². The number of allylic oxidation sites excluding steroid dienone is 2. The summed E-state index contributed by atoms with van der Waals surface area (Å²) in [7, 11) is 0. The molecule has 2 aliphatic rings. The Labute approximate surface area is 182 Å². The molecule has 2 aromatic carbocycles. The Balaban J connectivity index is 1.42. The van der Waals surface area contributed by atoms with Crippen LogP contribution in [0.2, 0.25) is 0 Å². The first-order valence-electron chi connectivity index (χ1n) is 10.5. The number of para-hydroxylation sites is 1. The van der Waals surface area contributed by atoms with Crippen molar-refractivity contribution in [2.45, 2.75) is 32.8 Å². The summed E-state index contributed by atoms with van der Waals surface area (Å²) in [4.78, 5) is 24.8. The lowest BCUT2D eigenvalue weighted by Gasteiger charge is -2.13. The predicted octanol–water partition coefficient (Wildman–Crippen LogP) is 5.39. The van der Waals surface area contributed by atoms with Crippen LogP contribution in [0.3, 0.4) is 0 Å². The van der Waals surface area contributed by atoms with Crippen molar-refractivity contribution in [2.24, 2.45) is 23.2 Å². The third-order valence-electron chi connectivity index (χ3n) is 6.10. The Hall–Kier alpha value is -3.39. The van der Waals surface area contributed by atoms with E-state index in [9.17, 15) is 14.9 Å². The molecule has 158 valence electrons. The molecule has 5 heteroatoms. The van der Waals surface area contributed by atoms with Gasteiger partial charge in [-0.05, 0) is 54.5 Å². The van der Waals surface area contributed by atoms with E-state index < -0.39 is 12.1 Å². The molecule has 0 saturated heterocycles. The summed E-state index contributed by atoms with van der Waals surface area (Å²) in [6, 6.07) is 18.4. The van der Waals surface area contributed by atoms with Gasteiger partial charge in [-0.2, -0.15) is 5.26 Å². The molecule has 0 aromatic heterocycles. The second-order valence-corrected chi connectivity index (χ2v) is 8.79. The summed E-state index contributed by atoms with van der Waals surface area (Å²) in [5, 5.41) is 9.62. The van der Waals surface area contributed by atoms with E-state index in [1.54, 1.807) is 30.3 Å². The monoisotopic (exact) mass is 415 g/mol. The van der Waals surface area contributed by atoms with Gasteiger partial charge in [-0.25, -0.2) is 0 Å². The number of esters is 1. The molecule has 4 rings (SSSR count). The minimum Gasteiger partial charge on any atom is -0.457 e. The maximum atomic E-state index is 12.8. The number of hydrogen-bond acceptors (Lipinski definition) is 5. The molecule has 2 aliphatic carbocycles. The number of ketones is 1. The van der Waals surface area contributed by atoms with Gasteiger partial charge in [0.25, 0.3) is 0 Å². The van der Waals surface area contributed by atoms with Crippen LogP contribution < -0.4 is 4.74 Å². The van der Waals surface area contributed by atoms with E-state index >= 15 is 0 Å². The highest BCUT2D eigenvalue weighted by atomic mass is 16.5. The zero-order valence-electron chi connectivity index (χ0n) is 17.7. The van der Waals surface area contributed by atoms with Crippen LogP contribution in [0.4, 0.5) is 0 Å². The van der Waals surface area contributed by atoms with Gasteiger partial charge in [-0.1, -0.05) is 50.3 Å². The van der Waals surface area contributed by atoms with E-state index in [2.05, 4.69) is 6.07 Å². The van der Waals surface area contributed by atoms with Gasteiger partial charge >= 0.3 is 5.97 Å². The molecule has 0 N–H and O–H groups in total. The van der Waals surface area contributed by atoms with E-state index in [1.807, 2.05) is 50.3 Å². The van der Waals surface area contributed by atoms with Crippen molar-refractivity contribution in [2.75, 3.05) is 0 Å². The highest BCUT2D eigenvalue weighted by Gasteiger charge is 2.61. The first-order chi connectivity index (χ1) is 14.9. The topological polar surface area (TPSA) is 76.4 Å². The second-order valence-electron chi connectivity index (χ2n) is 8.79. The molecule has 0 spiro atoms. The maximum Gasteiger partial charge on any atom is 0.311 e. The fraction of sp³-hybridized carbons (Fsp3) is 0.346. The van der Waals surface area contributed by atoms with E-state index in [0.717, 1.165) is 12.8 Å². The van der Waals surface area contributed by atoms with Crippen molar-refractivity contribution >= 4 is 11.8 Å². The summed E-state index contributed by atoms with van der Waals surface area (Å²) in [5.74, 6) is 0.702. The van der Waals surface area contributed by atoms with Gasteiger partial charge in [0, 0.05) is 11.5 Å². The van der Waals surface area contributed by atoms with Gasteiger partial charge in [0.15, 0.2) is 5.78 Å². The highest BCUT2D eigenvalue weighted by Crippen LogP contribution is 2.59. The molecule has 5 nitrogen and oxygen atoms in total. The van der Waals surface area contributed by atoms with E-state index in [4.69, 9.17) is 9.47 Å². The zero-order chi connectivity index (χ0) is 22.0. The minimum atomic E-state index is -1.03. The van der Waals surface area contributed by atoms with Crippen molar-refractivity contribution in [1.29, 1.82) is 5.26 Å². The summed E-state index contributed by atoms with van der Waals surface area (Å²) < 4.78 is 11.4. The Morgan fingerprint density at radius 1 is 1.10 bits per heavy atom. The quantitative estimate of drug-likeness (QED) is 0.426. The summed E-state index contributed by atoms with van der Waals surface area (Å²) in [6.45, 7) is 3.95. The van der Waals surface area contributed by atoms with Gasteiger partial charge in [0.1, 0.15) is 17.6 Å². The molecule has 0 radical (unpaired) electrons. The van der Waals surface area contributed by atoms with Crippen LogP contribution in [0.5, 0.6) is 11.5 Å². The fourth-order valence-corrected chi connectivity index (χ4v) is 3.91. The van der Waals surface area contributed by atoms with Gasteiger partial charge in [-0.3, -0.25) is 9.59 Å². The highest BCUT2D eigenvalue weighted by molar-refractivity contribution is 5.93. The molecule has 0 heterocycles. The number of nitriles is 1. The zero-order valence-corrected chi connectivity index (χ0v) is 17.7. The van der Waals surface area contributed by atoms with E-state index in [-0.39, 0.29) is 29.0 Å². The standard InChI is InChI=1S/C26H25NO4/c1-26(2)21(13-14-22(28)17-11-12-17)24(26)25(29)31-23(16-27)18-7-6-10-20(15-18)30-19-8-4-3-5-9-19/h3-10,13-15,17,21,23-24H,11-12H2,1-2H3/t21-,23+,24-/m0/s1. The molecule has 2 fully saturated rings. The number of rotatable bonds is 8. The Morgan fingerprint density at radius 2 is 1.81 bits per heavy atom. The van der Waals surface area contributed by atoms with Crippen molar-refractivity contribution in [3.05, 3.63) is 72.3 Å². The molecule has 0 unspecified atom stereocenters. The molecule has 0 amide bonds. The number of carbonyl (C=O) groups is 2. The number of benzene rings is 2. The lowest BCUT2D eigenvalue weighted by molar-refractivity contribution is -0.149. The molecule has 0 aliphatic heterocycles. The van der Waals surface area contributed by atoms with Crippen molar-refractivity contribution in [1.82, 2.24) is 0 Å². The lowest BCUT2D eigenvalue weighted by Crippen LogP contribution is -2.14. The largest absolute Gasteiger partial charge is 0.457 e. The number of ether oxygens (including phenoxy) is 2. The van der Waals surface area contributed by atoms with Crippen LogP contribution in [0, 0.1) is 34.5 Å². The van der Waals surface area contributed by atoms with Crippen molar-refractivity contribution in [3.63, 3.8) is 0 Å². The predicted molar refractivity (Wildman–Crippen MR) is 115 cm³/mol. The van der Waals surface area contributed by atoms with Crippen LogP contribution in [-0.2, 0) is 14.3 Å². The van der Waals surface area contributed by atoms with Crippen LogP contribution in [0.25, 0.3) is 0 Å². The summed E-state index contributed by atoms with van der Waals surface area (Å²) in [5.41, 5.74) is 0.258. The van der Waals surface area contributed by atoms with Crippen molar-refractivity contribution in [3.8, 4) is 17.6 Å². The van der Waals surface area contributed by atoms with Crippen LogP contribution in [0.15, 0.2) is 66.7 Å². The van der Waals surface area contributed by atoms with Crippen LogP contribution >= 0.6 is 0 Å². The molecule has 2 saturated carbocycles. The average molecular weight is 415 g/mol. The SMILES string of the molecule is CC1(C)[C@H](C(=O)O[C@H](C#N)c2cccc(Oc3ccccc3)c2)[C@@H]1C=CC(=O)C1CC1.